The lowest BCUT2D eigenvalue weighted by Crippen LogP contribution is -2.09. The SMILES string of the molecule is CCC(C)Oc1ccc(OC(C)=O)cc1. The molecule has 0 aliphatic heterocycles. The zero-order valence-electron chi connectivity index (χ0n) is 9.32. The maximum absolute atomic E-state index is 10.7. The van der Waals surface area contributed by atoms with Gasteiger partial charge in [0.05, 0.1) is 6.10 Å². The molecule has 0 aliphatic rings. The Morgan fingerprint density at radius 2 is 1.80 bits per heavy atom. The molecule has 0 aliphatic carbocycles. The molecule has 1 rings (SSSR count). The molecule has 3 nitrogen and oxygen atoms in total. The molecule has 1 unspecified atom stereocenters. The first-order valence-electron chi connectivity index (χ1n) is 5.07. The van der Waals surface area contributed by atoms with Crippen molar-refractivity contribution in [1.29, 1.82) is 0 Å². The summed E-state index contributed by atoms with van der Waals surface area (Å²) >= 11 is 0. The zero-order valence-corrected chi connectivity index (χ0v) is 9.32. The van der Waals surface area contributed by atoms with Crippen molar-refractivity contribution in [2.45, 2.75) is 33.3 Å². The molecule has 0 spiro atoms. The monoisotopic (exact) mass is 208 g/mol. The third-order valence-corrected chi connectivity index (χ3v) is 2.00. The molecular weight excluding hydrogens is 192 g/mol. The standard InChI is InChI=1S/C12H16O3/c1-4-9(2)14-11-5-7-12(8-6-11)15-10(3)13/h5-9H,4H2,1-3H3. The van der Waals surface area contributed by atoms with Crippen LogP contribution in [0.15, 0.2) is 24.3 Å². The summed E-state index contributed by atoms with van der Waals surface area (Å²) in [5, 5.41) is 0. The van der Waals surface area contributed by atoms with Crippen LogP contribution >= 0.6 is 0 Å². The van der Waals surface area contributed by atoms with Crippen LogP contribution in [-0.4, -0.2) is 12.1 Å². The van der Waals surface area contributed by atoms with Crippen molar-refractivity contribution in [3.05, 3.63) is 24.3 Å². The molecule has 0 saturated carbocycles. The van der Waals surface area contributed by atoms with E-state index in [0.717, 1.165) is 12.2 Å². The lowest BCUT2D eigenvalue weighted by molar-refractivity contribution is -0.131. The Labute approximate surface area is 90.0 Å². The summed E-state index contributed by atoms with van der Waals surface area (Å²) in [6, 6.07) is 7.03. The fourth-order valence-electron chi connectivity index (χ4n) is 1.07. The Bertz CT molecular complexity index is 316. The van der Waals surface area contributed by atoms with E-state index in [1.807, 2.05) is 6.92 Å². The quantitative estimate of drug-likeness (QED) is 0.563. The van der Waals surface area contributed by atoms with Crippen molar-refractivity contribution in [2.75, 3.05) is 0 Å². The first kappa shape index (κ1) is 11.6. The van der Waals surface area contributed by atoms with Crippen LogP contribution in [0, 0.1) is 0 Å². The molecule has 3 heteroatoms. The maximum Gasteiger partial charge on any atom is 0.308 e. The minimum atomic E-state index is -0.314. The summed E-state index contributed by atoms with van der Waals surface area (Å²) in [7, 11) is 0. The number of carbonyl (C=O) groups is 1. The lowest BCUT2D eigenvalue weighted by atomic mass is 10.3. The molecule has 1 aromatic rings. The van der Waals surface area contributed by atoms with Crippen LogP contribution in [-0.2, 0) is 4.79 Å². The molecule has 1 atom stereocenters. The fourth-order valence-corrected chi connectivity index (χ4v) is 1.07. The Balaban J connectivity index is 2.60. The van der Waals surface area contributed by atoms with Gasteiger partial charge in [0, 0.05) is 6.92 Å². The molecule has 15 heavy (non-hydrogen) atoms. The van der Waals surface area contributed by atoms with Crippen LogP contribution in [0.3, 0.4) is 0 Å². The molecule has 0 bridgehead atoms. The van der Waals surface area contributed by atoms with Gasteiger partial charge in [-0.3, -0.25) is 4.79 Å². The minimum Gasteiger partial charge on any atom is -0.491 e. The van der Waals surface area contributed by atoms with Crippen molar-refractivity contribution in [3.63, 3.8) is 0 Å². The van der Waals surface area contributed by atoms with E-state index >= 15 is 0 Å². The molecule has 0 N–H and O–H groups in total. The number of esters is 1. The number of hydrogen-bond donors (Lipinski definition) is 0. The van der Waals surface area contributed by atoms with E-state index in [1.165, 1.54) is 6.92 Å². The summed E-state index contributed by atoms with van der Waals surface area (Å²) < 4.78 is 10.5. The van der Waals surface area contributed by atoms with Gasteiger partial charge in [0.2, 0.25) is 0 Å². The third-order valence-electron chi connectivity index (χ3n) is 2.00. The third kappa shape index (κ3) is 4.02. The second-order valence-corrected chi connectivity index (χ2v) is 3.40. The molecule has 0 fully saturated rings. The molecule has 0 radical (unpaired) electrons. The highest BCUT2D eigenvalue weighted by Gasteiger charge is 2.02. The van der Waals surface area contributed by atoms with E-state index < -0.39 is 0 Å². The highest BCUT2D eigenvalue weighted by Crippen LogP contribution is 2.19. The Morgan fingerprint density at radius 1 is 1.27 bits per heavy atom. The molecule has 1 aromatic carbocycles. The predicted octanol–water partition coefficient (Wildman–Crippen LogP) is 2.79. The lowest BCUT2D eigenvalue weighted by Gasteiger charge is -2.12. The molecule has 0 aromatic heterocycles. The van der Waals surface area contributed by atoms with Crippen LogP contribution in [0.25, 0.3) is 0 Å². The first-order valence-corrected chi connectivity index (χ1v) is 5.07. The second-order valence-electron chi connectivity index (χ2n) is 3.40. The van der Waals surface area contributed by atoms with Crippen LogP contribution in [0.4, 0.5) is 0 Å². The predicted molar refractivity (Wildman–Crippen MR) is 58.1 cm³/mol. The van der Waals surface area contributed by atoms with E-state index in [-0.39, 0.29) is 12.1 Å². The molecule has 82 valence electrons. The maximum atomic E-state index is 10.7. The summed E-state index contributed by atoms with van der Waals surface area (Å²) in [5.41, 5.74) is 0. The van der Waals surface area contributed by atoms with Crippen LogP contribution in [0.5, 0.6) is 11.5 Å². The van der Waals surface area contributed by atoms with Gasteiger partial charge in [0.25, 0.3) is 0 Å². The largest absolute Gasteiger partial charge is 0.491 e. The second kappa shape index (κ2) is 5.39. The van der Waals surface area contributed by atoms with Crippen LogP contribution in [0.1, 0.15) is 27.2 Å². The Kier molecular flexibility index (Phi) is 4.16. The first-order chi connectivity index (χ1) is 7.11. The summed E-state index contributed by atoms with van der Waals surface area (Å²) in [6.45, 7) is 5.46. The number of benzene rings is 1. The van der Waals surface area contributed by atoms with Crippen LogP contribution < -0.4 is 9.47 Å². The highest BCUT2D eigenvalue weighted by atomic mass is 16.5. The van der Waals surface area contributed by atoms with Gasteiger partial charge < -0.3 is 9.47 Å². The Morgan fingerprint density at radius 3 is 2.27 bits per heavy atom. The highest BCUT2D eigenvalue weighted by molar-refractivity contribution is 5.69. The zero-order chi connectivity index (χ0) is 11.3. The van der Waals surface area contributed by atoms with Crippen molar-refractivity contribution in [1.82, 2.24) is 0 Å². The summed E-state index contributed by atoms with van der Waals surface area (Å²) in [4.78, 5) is 10.7. The minimum absolute atomic E-state index is 0.199. The summed E-state index contributed by atoms with van der Waals surface area (Å²) in [5.74, 6) is 1.02. The molecule has 0 amide bonds. The number of ether oxygens (including phenoxy) is 2. The molecule has 0 saturated heterocycles. The number of rotatable bonds is 4. The van der Waals surface area contributed by atoms with E-state index in [0.29, 0.717) is 5.75 Å². The molecule has 0 heterocycles. The van der Waals surface area contributed by atoms with Crippen molar-refractivity contribution in [2.24, 2.45) is 0 Å². The van der Waals surface area contributed by atoms with Gasteiger partial charge in [-0.25, -0.2) is 0 Å². The van der Waals surface area contributed by atoms with Crippen molar-refractivity contribution in [3.8, 4) is 11.5 Å². The number of carbonyl (C=O) groups excluding carboxylic acids is 1. The van der Waals surface area contributed by atoms with E-state index in [4.69, 9.17) is 9.47 Å². The van der Waals surface area contributed by atoms with Crippen molar-refractivity contribution >= 4 is 5.97 Å². The van der Waals surface area contributed by atoms with Gasteiger partial charge in [-0.15, -0.1) is 0 Å². The van der Waals surface area contributed by atoms with Gasteiger partial charge in [-0.05, 0) is 37.6 Å². The van der Waals surface area contributed by atoms with Gasteiger partial charge in [-0.2, -0.15) is 0 Å². The van der Waals surface area contributed by atoms with E-state index in [9.17, 15) is 4.79 Å². The topological polar surface area (TPSA) is 35.5 Å². The normalized spacial score (nSPS) is 11.9. The Hall–Kier alpha value is -1.51. The smallest absolute Gasteiger partial charge is 0.308 e. The van der Waals surface area contributed by atoms with Crippen molar-refractivity contribution < 1.29 is 14.3 Å². The average Bonchev–Trinajstić information content (AvgIpc) is 2.20. The van der Waals surface area contributed by atoms with Crippen LogP contribution in [0.2, 0.25) is 0 Å². The van der Waals surface area contributed by atoms with Gasteiger partial charge >= 0.3 is 5.97 Å². The van der Waals surface area contributed by atoms with Gasteiger partial charge in [-0.1, -0.05) is 6.92 Å². The average molecular weight is 208 g/mol. The van der Waals surface area contributed by atoms with Gasteiger partial charge in [0.15, 0.2) is 0 Å². The van der Waals surface area contributed by atoms with Gasteiger partial charge in [0.1, 0.15) is 11.5 Å². The fraction of sp³-hybridized carbons (Fsp3) is 0.417. The summed E-state index contributed by atoms with van der Waals surface area (Å²) in [6.07, 6.45) is 1.16. The molecular formula is C12H16O3. The van der Waals surface area contributed by atoms with E-state index in [1.54, 1.807) is 24.3 Å². The number of hydrogen-bond acceptors (Lipinski definition) is 3. The van der Waals surface area contributed by atoms with E-state index in [2.05, 4.69) is 6.92 Å².